The van der Waals surface area contributed by atoms with Crippen molar-refractivity contribution in [3.05, 3.63) is 35.4 Å². The maximum absolute atomic E-state index is 12.5. The van der Waals surface area contributed by atoms with Crippen molar-refractivity contribution in [3.63, 3.8) is 0 Å². The van der Waals surface area contributed by atoms with E-state index >= 15 is 0 Å². The Morgan fingerprint density at radius 3 is 2.81 bits per heavy atom. The number of phenolic OH excluding ortho intramolecular Hbond substituents is 1. The van der Waals surface area contributed by atoms with Crippen LogP contribution in [0, 0.1) is 5.92 Å². The molecule has 5 atom stereocenters. The summed E-state index contributed by atoms with van der Waals surface area (Å²) in [5, 5.41) is 26.0. The van der Waals surface area contributed by atoms with Crippen LogP contribution in [0.3, 0.4) is 0 Å². The van der Waals surface area contributed by atoms with E-state index in [0.717, 1.165) is 43.0 Å². The highest BCUT2D eigenvalue weighted by Gasteiger charge is 2.73. The van der Waals surface area contributed by atoms with Gasteiger partial charge in [0.2, 0.25) is 5.91 Å². The van der Waals surface area contributed by atoms with Gasteiger partial charge in [0.25, 0.3) is 0 Å². The zero-order chi connectivity index (χ0) is 22.3. The van der Waals surface area contributed by atoms with Crippen LogP contribution in [-0.4, -0.2) is 63.7 Å². The van der Waals surface area contributed by atoms with Crippen molar-refractivity contribution >= 4 is 11.7 Å². The van der Waals surface area contributed by atoms with Crippen LogP contribution in [0.2, 0.25) is 0 Å². The van der Waals surface area contributed by atoms with Crippen LogP contribution in [0.15, 0.2) is 24.3 Å². The Morgan fingerprint density at radius 1 is 1.25 bits per heavy atom. The van der Waals surface area contributed by atoms with Crippen LogP contribution < -0.4 is 10.1 Å². The molecule has 1 amide bonds. The van der Waals surface area contributed by atoms with Crippen molar-refractivity contribution in [2.24, 2.45) is 5.92 Å². The molecule has 2 bridgehead atoms. The molecule has 7 nitrogen and oxygen atoms in total. The van der Waals surface area contributed by atoms with Gasteiger partial charge < -0.3 is 20.3 Å². The SMILES string of the molecule is CC(=O)/C=C/C(=O)N[C@@H]1CCC2(O)C3Cc4ccc(O)c5c4C2(CCN3CC2CC2)C1O5. The van der Waals surface area contributed by atoms with Gasteiger partial charge in [0.05, 0.1) is 17.1 Å². The average molecular weight is 439 g/mol. The first-order valence-electron chi connectivity index (χ1n) is 11.8. The lowest BCUT2D eigenvalue weighted by Gasteiger charge is -2.64. The molecule has 0 radical (unpaired) electrons. The fraction of sp³-hybridized carbons (Fsp3) is 0.600. The molecular formula is C25H30N2O5. The molecule has 2 aliphatic heterocycles. The Hall–Kier alpha value is -2.38. The maximum Gasteiger partial charge on any atom is 0.244 e. The summed E-state index contributed by atoms with van der Waals surface area (Å²) >= 11 is 0. The van der Waals surface area contributed by atoms with Gasteiger partial charge in [-0.15, -0.1) is 0 Å². The zero-order valence-corrected chi connectivity index (χ0v) is 18.3. The fourth-order valence-corrected chi connectivity index (χ4v) is 7.05. The highest BCUT2D eigenvalue weighted by Crippen LogP contribution is 2.65. The van der Waals surface area contributed by atoms with E-state index in [4.69, 9.17) is 4.74 Å². The molecule has 4 unspecified atom stereocenters. The van der Waals surface area contributed by atoms with E-state index in [0.29, 0.717) is 18.6 Å². The molecule has 32 heavy (non-hydrogen) atoms. The largest absolute Gasteiger partial charge is 0.504 e. The Morgan fingerprint density at radius 2 is 2.06 bits per heavy atom. The van der Waals surface area contributed by atoms with Gasteiger partial charge in [0.1, 0.15) is 6.10 Å². The number of rotatable bonds is 5. The summed E-state index contributed by atoms with van der Waals surface area (Å²) in [4.78, 5) is 26.2. The van der Waals surface area contributed by atoms with Crippen molar-refractivity contribution in [1.29, 1.82) is 0 Å². The van der Waals surface area contributed by atoms with Gasteiger partial charge in [-0.2, -0.15) is 0 Å². The predicted octanol–water partition coefficient (Wildman–Crippen LogP) is 1.59. The number of benzene rings is 1. The van der Waals surface area contributed by atoms with E-state index < -0.39 is 17.1 Å². The molecule has 170 valence electrons. The van der Waals surface area contributed by atoms with Crippen LogP contribution in [0.1, 0.15) is 50.2 Å². The number of aromatic hydroxyl groups is 1. The molecule has 3 fully saturated rings. The summed E-state index contributed by atoms with van der Waals surface area (Å²) < 4.78 is 6.41. The number of allylic oxidation sites excluding steroid dienone is 1. The van der Waals surface area contributed by atoms with Gasteiger partial charge in [-0.3, -0.25) is 14.5 Å². The number of phenols is 1. The third kappa shape index (κ3) is 2.67. The van der Waals surface area contributed by atoms with E-state index in [1.165, 1.54) is 31.9 Å². The number of ketones is 1. The summed E-state index contributed by atoms with van der Waals surface area (Å²) in [5.41, 5.74) is 0.470. The Kier molecular flexibility index (Phi) is 4.31. The van der Waals surface area contributed by atoms with Crippen molar-refractivity contribution in [2.45, 2.75) is 74.7 Å². The van der Waals surface area contributed by atoms with Crippen molar-refractivity contribution in [2.75, 3.05) is 13.1 Å². The Balaban J connectivity index is 1.41. The number of nitrogens with one attached hydrogen (secondary N) is 1. The molecule has 3 N–H and O–H groups in total. The number of carbonyl (C=O) groups excluding carboxylic acids is 2. The number of piperidine rings is 1. The number of hydrogen-bond donors (Lipinski definition) is 3. The highest BCUT2D eigenvalue weighted by molar-refractivity contribution is 5.96. The number of nitrogens with zero attached hydrogens (tertiary/aromatic N) is 1. The molecule has 2 saturated carbocycles. The number of amides is 1. The lowest BCUT2D eigenvalue weighted by atomic mass is 9.48. The van der Waals surface area contributed by atoms with Gasteiger partial charge in [-0.1, -0.05) is 6.07 Å². The quantitative estimate of drug-likeness (QED) is 0.604. The van der Waals surface area contributed by atoms with Crippen LogP contribution >= 0.6 is 0 Å². The Bertz CT molecular complexity index is 1030. The molecule has 6 rings (SSSR count). The zero-order valence-electron chi connectivity index (χ0n) is 18.3. The van der Waals surface area contributed by atoms with Crippen LogP contribution in [0.5, 0.6) is 11.5 Å². The van der Waals surface area contributed by atoms with Gasteiger partial charge in [-0.05, 0) is 75.6 Å². The molecule has 5 aliphatic rings. The number of ether oxygens (including phenoxy) is 1. The number of likely N-dealkylation sites (tertiary alicyclic amines) is 1. The second-order valence-electron chi connectivity index (χ2n) is 10.4. The van der Waals surface area contributed by atoms with Crippen molar-refractivity contribution in [1.82, 2.24) is 10.2 Å². The second kappa shape index (κ2) is 6.81. The number of hydrogen-bond acceptors (Lipinski definition) is 6. The molecule has 3 aliphatic carbocycles. The van der Waals surface area contributed by atoms with Crippen molar-refractivity contribution < 1.29 is 24.5 Å². The molecule has 1 aromatic rings. The maximum atomic E-state index is 12.5. The van der Waals surface area contributed by atoms with E-state index in [9.17, 15) is 19.8 Å². The predicted molar refractivity (Wildman–Crippen MR) is 117 cm³/mol. The third-order valence-corrected chi connectivity index (χ3v) is 8.56. The molecule has 0 aromatic heterocycles. The highest BCUT2D eigenvalue weighted by atomic mass is 16.5. The molecule has 1 aromatic carbocycles. The monoisotopic (exact) mass is 438 g/mol. The second-order valence-corrected chi connectivity index (χ2v) is 10.4. The third-order valence-electron chi connectivity index (χ3n) is 8.56. The summed E-state index contributed by atoms with van der Waals surface area (Å²) in [6.07, 6.45) is 7.24. The smallest absolute Gasteiger partial charge is 0.244 e. The van der Waals surface area contributed by atoms with Gasteiger partial charge in [-0.25, -0.2) is 0 Å². The molecule has 1 saturated heterocycles. The van der Waals surface area contributed by atoms with Gasteiger partial charge in [0, 0.05) is 24.2 Å². The minimum Gasteiger partial charge on any atom is -0.504 e. The molecule has 1 spiro atoms. The van der Waals surface area contributed by atoms with E-state index in [2.05, 4.69) is 10.2 Å². The average Bonchev–Trinajstić information content (AvgIpc) is 3.49. The van der Waals surface area contributed by atoms with Crippen LogP contribution in [0.25, 0.3) is 0 Å². The van der Waals surface area contributed by atoms with Crippen molar-refractivity contribution in [3.8, 4) is 11.5 Å². The standard InChI is InChI=1S/C25H30N2O5/c1-14(28)2-7-20(30)26-17-8-9-25(31)19-12-16-5-6-18(29)22-21(16)24(25,23(17)32-22)10-11-27(19)13-15-3-4-15/h2,5-7,15,17,19,23,29,31H,3-4,8-13H2,1H3,(H,26,30)/b7-2+/t17-,19?,23?,24?,25?/m1/s1. The molecular weight excluding hydrogens is 408 g/mol. The number of aliphatic hydroxyl groups is 1. The van der Waals surface area contributed by atoms with E-state index in [-0.39, 0.29) is 29.5 Å². The first-order chi connectivity index (χ1) is 15.3. The lowest BCUT2D eigenvalue weighted by molar-refractivity contribution is -0.192. The minimum atomic E-state index is -0.965. The van der Waals surface area contributed by atoms with Crippen LogP contribution in [-0.2, 0) is 21.4 Å². The summed E-state index contributed by atoms with van der Waals surface area (Å²) in [6, 6.07) is 3.37. The van der Waals surface area contributed by atoms with Gasteiger partial charge >= 0.3 is 0 Å². The van der Waals surface area contributed by atoms with E-state index in [1.807, 2.05) is 6.07 Å². The molecule has 7 heteroatoms. The Labute approximate surface area is 187 Å². The minimum absolute atomic E-state index is 0.0141. The normalized spacial score (nSPS) is 37.1. The first kappa shape index (κ1) is 20.2. The van der Waals surface area contributed by atoms with Crippen LogP contribution in [0.4, 0.5) is 0 Å². The first-order valence-corrected chi connectivity index (χ1v) is 11.8. The number of carbonyl (C=O) groups is 2. The summed E-state index contributed by atoms with van der Waals surface area (Å²) in [7, 11) is 0. The topological polar surface area (TPSA) is 99.1 Å². The summed E-state index contributed by atoms with van der Waals surface area (Å²) in [5.74, 6) is 0.781. The molecule has 2 heterocycles. The summed E-state index contributed by atoms with van der Waals surface area (Å²) in [6.45, 7) is 3.32. The fourth-order valence-electron chi connectivity index (χ4n) is 7.05. The van der Waals surface area contributed by atoms with E-state index in [1.54, 1.807) is 6.07 Å². The lowest BCUT2D eigenvalue weighted by Crippen LogP contribution is -2.78. The van der Waals surface area contributed by atoms with Gasteiger partial charge in [0.15, 0.2) is 17.3 Å².